The van der Waals surface area contributed by atoms with Crippen LogP contribution in [0.1, 0.15) is 43.2 Å². The van der Waals surface area contributed by atoms with Gasteiger partial charge in [0.1, 0.15) is 0 Å². The summed E-state index contributed by atoms with van der Waals surface area (Å²) in [6.45, 7) is 0.654. The van der Waals surface area contributed by atoms with Crippen molar-refractivity contribution in [3.63, 3.8) is 0 Å². The monoisotopic (exact) mass is 324 g/mol. The molecule has 0 aliphatic heterocycles. The number of nitrogens with zero attached hydrogens (tertiary/aromatic N) is 1. The molecule has 1 aromatic heterocycles. The van der Waals surface area contributed by atoms with E-state index in [-0.39, 0.29) is 5.91 Å². The largest absolute Gasteiger partial charge is 0.374 e. The minimum Gasteiger partial charge on any atom is -0.374 e. The number of pyridine rings is 1. The first-order chi connectivity index (χ1) is 11.8. The summed E-state index contributed by atoms with van der Waals surface area (Å²) in [6, 6.07) is 11.8. The lowest BCUT2D eigenvalue weighted by atomic mass is 10.1. The molecule has 1 aliphatic carbocycles. The number of carbonyl (C=O) groups is 1. The van der Waals surface area contributed by atoms with Gasteiger partial charge < -0.3 is 10.1 Å². The first-order valence-corrected chi connectivity index (χ1v) is 8.69. The standard InChI is InChI=1S/C20H24N2O2/c23-20(10-7-16-11-13-21-14-12-16)22-18-8-5-17(6-9-18)15-24-19-3-1-2-4-19/h5-6,8-9,11-14,19H,1-4,7,10,15H2,(H,22,23). The zero-order valence-electron chi connectivity index (χ0n) is 13.9. The molecule has 1 heterocycles. The number of aryl methyl sites for hydroxylation is 1. The molecule has 24 heavy (non-hydrogen) atoms. The van der Waals surface area contributed by atoms with E-state index in [1.165, 1.54) is 25.7 Å². The minimum atomic E-state index is 0.0294. The van der Waals surface area contributed by atoms with Gasteiger partial charge in [0.25, 0.3) is 0 Å². The summed E-state index contributed by atoms with van der Waals surface area (Å²) in [7, 11) is 0. The Morgan fingerprint density at radius 1 is 1.04 bits per heavy atom. The first kappa shape index (κ1) is 16.7. The van der Waals surface area contributed by atoms with Gasteiger partial charge in [-0.2, -0.15) is 0 Å². The summed E-state index contributed by atoms with van der Waals surface area (Å²) in [5.41, 5.74) is 3.11. The van der Waals surface area contributed by atoms with E-state index in [1.54, 1.807) is 12.4 Å². The molecule has 0 unspecified atom stereocenters. The fourth-order valence-corrected chi connectivity index (χ4v) is 2.98. The molecule has 126 valence electrons. The maximum absolute atomic E-state index is 12.0. The Balaban J connectivity index is 1.42. The van der Waals surface area contributed by atoms with Crippen molar-refractivity contribution in [3.05, 3.63) is 59.9 Å². The molecule has 4 heteroatoms. The van der Waals surface area contributed by atoms with Gasteiger partial charge in [-0.05, 0) is 54.7 Å². The summed E-state index contributed by atoms with van der Waals surface area (Å²) in [5.74, 6) is 0.0294. The van der Waals surface area contributed by atoms with Gasteiger partial charge in [-0.3, -0.25) is 9.78 Å². The van der Waals surface area contributed by atoms with Crippen molar-refractivity contribution in [2.75, 3.05) is 5.32 Å². The van der Waals surface area contributed by atoms with Crippen LogP contribution in [0.2, 0.25) is 0 Å². The lowest BCUT2D eigenvalue weighted by molar-refractivity contribution is -0.116. The minimum absolute atomic E-state index is 0.0294. The van der Waals surface area contributed by atoms with Crippen molar-refractivity contribution >= 4 is 11.6 Å². The number of rotatable bonds is 7. The molecule has 1 N–H and O–H groups in total. The fourth-order valence-electron chi connectivity index (χ4n) is 2.98. The van der Waals surface area contributed by atoms with Gasteiger partial charge in [0.05, 0.1) is 12.7 Å². The number of amides is 1. The predicted octanol–water partition coefficient (Wildman–Crippen LogP) is 4.11. The number of aromatic nitrogens is 1. The third-order valence-corrected chi connectivity index (χ3v) is 4.42. The molecule has 3 rings (SSSR count). The van der Waals surface area contributed by atoms with E-state index < -0.39 is 0 Å². The number of anilines is 1. The number of ether oxygens (including phenoxy) is 1. The average Bonchev–Trinajstić information content (AvgIpc) is 3.14. The second-order valence-electron chi connectivity index (χ2n) is 6.32. The molecule has 1 amide bonds. The van der Waals surface area contributed by atoms with E-state index in [1.807, 2.05) is 36.4 Å². The zero-order valence-corrected chi connectivity index (χ0v) is 13.9. The average molecular weight is 324 g/mol. The van der Waals surface area contributed by atoms with Crippen molar-refractivity contribution in [2.45, 2.75) is 51.2 Å². The number of benzene rings is 1. The van der Waals surface area contributed by atoms with Crippen LogP contribution >= 0.6 is 0 Å². The van der Waals surface area contributed by atoms with Crippen molar-refractivity contribution in [1.29, 1.82) is 0 Å². The SMILES string of the molecule is O=C(CCc1ccncc1)Nc1ccc(COC2CCCC2)cc1. The Morgan fingerprint density at radius 3 is 2.46 bits per heavy atom. The van der Waals surface area contributed by atoms with Crippen LogP contribution in [0.3, 0.4) is 0 Å². The van der Waals surface area contributed by atoms with E-state index in [4.69, 9.17) is 4.74 Å². The van der Waals surface area contributed by atoms with Crippen molar-refractivity contribution in [2.24, 2.45) is 0 Å². The van der Waals surface area contributed by atoms with Crippen LogP contribution in [-0.2, 0) is 22.6 Å². The molecule has 0 saturated heterocycles. The molecule has 1 fully saturated rings. The van der Waals surface area contributed by atoms with Gasteiger partial charge in [0.15, 0.2) is 0 Å². The Hall–Kier alpha value is -2.20. The van der Waals surface area contributed by atoms with Crippen LogP contribution < -0.4 is 5.32 Å². The normalized spacial score (nSPS) is 14.7. The van der Waals surface area contributed by atoms with Crippen molar-refractivity contribution in [3.8, 4) is 0 Å². The number of nitrogens with one attached hydrogen (secondary N) is 1. The van der Waals surface area contributed by atoms with Crippen LogP contribution in [0.5, 0.6) is 0 Å². The molecule has 1 aliphatic rings. The Kier molecular flexibility index (Phi) is 5.96. The molecule has 1 aromatic carbocycles. The molecular weight excluding hydrogens is 300 g/mol. The number of hydrogen-bond acceptors (Lipinski definition) is 3. The highest BCUT2D eigenvalue weighted by Gasteiger charge is 2.15. The highest BCUT2D eigenvalue weighted by atomic mass is 16.5. The smallest absolute Gasteiger partial charge is 0.224 e. The van der Waals surface area contributed by atoms with Crippen molar-refractivity contribution < 1.29 is 9.53 Å². The lowest BCUT2D eigenvalue weighted by Gasteiger charge is -2.11. The van der Waals surface area contributed by atoms with E-state index in [2.05, 4.69) is 10.3 Å². The third-order valence-electron chi connectivity index (χ3n) is 4.42. The fraction of sp³-hybridized carbons (Fsp3) is 0.400. The summed E-state index contributed by atoms with van der Waals surface area (Å²) in [4.78, 5) is 16.0. The van der Waals surface area contributed by atoms with Gasteiger partial charge in [0, 0.05) is 24.5 Å². The van der Waals surface area contributed by atoms with Crippen LogP contribution in [0, 0.1) is 0 Å². The van der Waals surface area contributed by atoms with E-state index >= 15 is 0 Å². The summed E-state index contributed by atoms with van der Waals surface area (Å²) >= 11 is 0. The second-order valence-corrected chi connectivity index (χ2v) is 6.32. The van der Waals surface area contributed by atoms with Crippen LogP contribution in [0.25, 0.3) is 0 Å². The molecule has 0 atom stereocenters. The van der Waals surface area contributed by atoms with E-state index in [0.29, 0.717) is 19.1 Å². The predicted molar refractivity (Wildman–Crippen MR) is 94.7 cm³/mol. The van der Waals surface area contributed by atoms with Crippen LogP contribution in [-0.4, -0.2) is 17.0 Å². The van der Waals surface area contributed by atoms with Crippen molar-refractivity contribution in [1.82, 2.24) is 4.98 Å². The van der Waals surface area contributed by atoms with Gasteiger partial charge in [-0.1, -0.05) is 25.0 Å². The first-order valence-electron chi connectivity index (χ1n) is 8.69. The van der Waals surface area contributed by atoms with Crippen LogP contribution in [0.4, 0.5) is 5.69 Å². The van der Waals surface area contributed by atoms with Gasteiger partial charge in [-0.25, -0.2) is 0 Å². The topological polar surface area (TPSA) is 51.2 Å². The lowest BCUT2D eigenvalue weighted by Crippen LogP contribution is -2.12. The highest BCUT2D eigenvalue weighted by molar-refractivity contribution is 5.90. The summed E-state index contributed by atoms with van der Waals surface area (Å²) in [6.07, 6.45) is 10.1. The van der Waals surface area contributed by atoms with E-state index in [0.717, 1.165) is 23.2 Å². The quantitative estimate of drug-likeness (QED) is 0.834. The third kappa shape index (κ3) is 5.17. The second kappa shape index (κ2) is 8.60. The molecule has 0 radical (unpaired) electrons. The number of carbonyl (C=O) groups excluding carboxylic acids is 1. The van der Waals surface area contributed by atoms with Gasteiger partial charge >= 0.3 is 0 Å². The Labute approximate surface area is 143 Å². The zero-order chi connectivity index (χ0) is 16.6. The molecule has 4 nitrogen and oxygen atoms in total. The maximum atomic E-state index is 12.0. The van der Waals surface area contributed by atoms with Gasteiger partial charge in [0.2, 0.25) is 5.91 Å². The molecule has 0 spiro atoms. The maximum Gasteiger partial charge on any atom is 0.224 e. The molecule has 2 aromatic rings. The Bertz CT molecular complexity index is 634. The number of hydrogen-bond donors (Lipinski definition) is 1. The molecule has 0 bridgehead atoms. The highest BCUT2D eigenvalue weighted by Crippen LogP contribution is 2.22. The van der Waals surface area contributed by atoms with E-state index in [9.17, 15) is 4.79 Å². The van der Waals surface area contributed by atoms with Gasteiger partial charge in [-0.15, -0.1) is 0 Å². The van der Waals surface area contributed by atoms with Crippen LogP contribution in [0.15, 0.2) is 48.8 Å². The molecular formula is C20H24N2O2. The summed E-state index contributed by atoms with van der Waals surface area (Å²) < 4.78 is 5.91. The summed E-state index contributed by atoms with van der Waals surface area (Å²) in [5, 5.41) is 2.94. The Morgan fingerprint density at radius 2 is 1.75 bits per heavy atom. The molecule has 1 saturated carbocycles.